The van der Waals surface area contributed by atoms with Gasteiger partial charge in [-0.05, 0) is 54.5 Å². The maximum Gasteiger partial charge on any atom is 0.340 e. The highest BCUT2D eigenvalue weighted by Gasteiger charge is 2.38. The molecule has 0 aromatic heterocycles. The van der Waals surface area contributed by atoms with E-state index in [1.807, 2.05) is 54.6 Å². The summed E-state index contributed by atoms with van der Waals surface area (Å²) in [5.41, 5.74) is 3.22. The minimum Gasteiger partial charge on any atom is -0.495 e. The van der Waals surface area contributed by atoms with Crippen LogP contribution in [0.4, 0.5) is 5.69 Å². The molecular weight excluding hydrogens is 466 g/mol. The Morgan fingerprint density at radius 3 is 2.34 bits per heavy atom. The molecule has 1 amide bonds. The standard InChI is InChI=1S/C28H24ClNO5/c1-18-26(28(32)34-3)23(27(31)30(18)21-11-14-25(33-2)24(29)16-21)15-19-9-12-22(13-10-19)35-17-20-7-5-4-6-8-20/h4-16H,17H2,1-3H3/b23-15-. The SMILES string of the molecule is COC(=O)C1=C(C)N(c2ccc(OC)c(Cl)c2)C(=O)/C1=C\c1ccc(OCc2ccccc2)cc1. The fourth-order valence-corrected chi connectivity index (χ4v) is 4.11. The first-order valence-corrected chi connectivity index (χ1v) is 11.3. The van der Waals surface area contributed by atoms with Crippen LogP contribution in [0.3, 0.4) is 0 Å². The summed E-state index contributed by atoms with van der Waals surface area (Å²) in [6.45, 7) is 2.15. The molecule has 4 rings (SSSR count). The summed E-state index contributed by atoms with van der Waals surface area (Å²) < 4.78 is 16.0. The van der Waals surface area contributed by atoms with E-state index in [1.165, 1.54) is 19.1 Å². The summed E-state index contributed by atoms with van der Waals surface area (Å²) in [6.07, 6.45) is 1.67. The van der Waals surface area contributed by atoms with Crippen LogP contribution in [0, 0.1) is 0 Å². The molecule has 0 aliphatic carbocycles. The van der Waals surface area contributed by atoms with E-state index >= 15 is 0 Å². The highest BCUT2D eigenvalue weighted by atomic mass is 35.5. The van der Waals surface area contributed by atoms with E-state index in [1.54, 1.807) is 31.2 Å². The van der Waals surface area contributed by atoms with E-state index in [4.69, 9.17) is 25.8 Å². The fourth-order valence-electron chi connectivity index (χ4n) is 3.85. The van der Waals surface area contributed by atoms with E-state index in [-0.39, 0.29) is 17.1 Å². The number of rotatable bonds is 7. The Balaban J connectivity index is 1.62. The topological polar surface area (TPSA) is 65.1 Å². The van der Waals surface area contributed by atoms with Crippen LogP contribution in [0.5, 0.6) is 11.5 Å². The molecule has 0 atom stereocenters. The van der Waals surface area contributed by atoms with Gasteiger partial charge in [0.2, 0.25) is 0 Å². The van der Waals surface area contributed by atoms with Gasteiger partial charge in [-0.2, -0.15) is 0 Å². The number of allylic oxidation sites excluding steroid dienone is 1. The molecule has 6 nitrogen and oxygen atoms in total. The molecule has 0 unspecified atom stereocenters. The van der Waals surface area contributed by atoms with Crippen LogP contribution in [0.15, 0.2) is 89.6 Å². The van der Waals surface area contributed by atoms with Crippen LogP contribution in [-0.4, -0.2) is 26.1 Å². The van der Waals surface area contributed by atoms with E-state index in [0.29, 0.717) is 34.5 Å². The lowest BCUT2D eigenvalue weighted by molar-refractivity contribution is -0.136. The number of amides is 1. The van der Waals surface area contributed by atoms with Gasteiger partial charge in [0.15, 0.2) is 0 Å². The second-order valence-electron chi connectivity index (χ2n) is 7.81. The first-order valence-electron chi connectivity index (χ1n) is 10.9. The average Bonchev–Trinajstić information content (AvgIpc) is 3.12. The highest BCUT2D eigenvalue weighted by Crippen LogP contribution is 2.38. The molecule has 1 aliphatic heterocycles. The average molecular weight is 490 g/mol. The molecular formula is C28H24ClNO5. The van der Waals surface area contributed by atoms with Gasteiger partial charge < -0.3 is 14.2 Å². The maximum absolute atomic E-state index is 13.5. The summed E-state index contributed by atoms with van der Waals surface area (Å²) in [6, 6.07) is 22.2. The Kier molecular flexibility index (Phi) is 7.22. The Morgan fingerprint density at radius 2 is 1.71 bits per heavy atom. The van der Waals surface area contributed by atoms with Crippen molar-refractivity contribution >= 4 is 35.2 Å². The predicted molar refractivity (Wildman–Crippen MR) is 135 cm³/mol. The summed E-state index contributed by atoms with van der Waals surface area (Å²) in [5.74, 6) is 0.242. The zero-order valence-electron chi connectivity index (χ0n) is 19.6. The molecule has 7 heteroatoms. The van der Waals surface area contributed by atoms with Gasteiger partial charge in [-0.3, -0.25) is 9.69 Å². The van der Waals surface area contributed by atoms with Crippen LogP contribution < -0.4 is 14.4 Å². The molecule has 178 valence electrons. The van der Waals surface area contributed by atoms with Crippen LogP contribution in [-0.2, 0) is 20.9 Å². The van der Waals surface area contributed by atoms with Gasteiger partial charge in [0.05, 0.1) is 36.1 Å². The highest BCUT2D eigenvalue weighted by molar-refractivity contribution is 6.32. The van der Waals surface area contributed by atoms with Crippen LogP contribution in [0.1, 0.15) is 18.1 Å². The Labute approximate surface area is 209 Å². The molecule has 3 aromatic carbocycles. The van der Waals surface area contributed by atoms with E-state index in [2.05, 4.69) is 0 Å². The first-order chi connectivity index (χ1) is 16.9. The molecule has 0 spiro atoms. The quantitative estimate of drug-likeness (QED) is 0.310. The number of methoxy groups -OCH3 is 2. The lowest BCUT2D eigenvalue weighted by atomic mass is 10.0. The van der Waals surface area contributed by atoms with Crippen LogP contribution in [0.25, 0.3) is 6.08 Å². The summed E-state index contributed by atoms with van der Waals surface area (Å²) >= 11 is 6.28. The Morgan fingerprint density at radius 1 is 1.00 bits per heavy atom. The van der Waals surface area contributed by atoms with Crippen molar-refractivity contribution < 1.29 is 23.8 Å². The largest absolute Gasteiger partial charge is 0.495 e. The van der Waals surface area contributed by atoms with Gasteiger partial charge in [-0.15, -0.1) is 0 Å². The smallest absolute Gasteiger partial charge is 0.340 e. The number of benzene rings is 3. The van der Waals surface area contributed by atoms with Crippen molar-refractivity contribution in [1.82, 2.24) is 0 Å². The summed E-state index contributed by atoms with van der Waals surface area (Å²) in [7, 11) is 2.80. The van der Waals surface area contributed by atoms with Crippen molar-refractivity contribution in [1.29, 1.82) is 0 Å². The molecule has 0 saturated carbocycles. The number of esters is 1. The van der Waals surface area contributed by atoms with Crippen LogP contribution in [0.2, 0.25) is 5.02 Å². The van der Waals surface area contributed by atoms with Crippen molar-refractivity contribution in [3.8, 4) is 11.5 Å². The Hall–Kier alpha value is -4.03. The van der Waals surface area contributed by atoms with Gasteiger partial charge in [0, 0.05) is 5.70 Å². The number of ether oxygens (including phenoxy) is 3. The molecule has 0 N–H and O–H groups in total. The zero-order chi connectivity index (χ0) is 24.9. The third-order valence-corrected chi connectivity index (χ3v) is 5.92. The van der Waals surface area contributed by atoms with Crippen molar-refractivity contribution in [2.45, 2.75) is 13.5 Å². The van der Waals surface area contributed by atoms with E-state index < -0.39 is 5.97 Å². The minimum atomic E-state index is -0.591. The molecule has 3 aromatic rings. The van der Waals surface area contributed by atoms with Gasteiger partial charge >= 0.3 is 5.97 Å². The third-order valence-electron chi connectivity index (χ3n) is 5.62. The second kappa shape index (κ2) is 10.5. The van der Waals surface area contributed by atoms with Crippen molar-refractivity contribution in [2.24, 2.45) is 0 Å². The maximum atomic E-state index is 13.5. The lowest BCUT2D eigenvalue weighted by Gasteiger charge is -2.19. The van der Waals surface area contributed by atoms with Crippen LogP contribution >= 0.6 is 11.6 Å². The first kappa shape index (κ1) is 24.1. The zero-order valence-corrected chi connectivity index (χ0v) is 20.3. The number of nitrogens with zero attached hydrogens (tertiary/aromatic N) is 1. The predicted octanol–water partition coefficient (Wildman–Crippen LogP) is 5.80. The summed E-state index contributed by atoms with van der Waals surface area (Å²) in [4.78, 5) is 27.5. The normalized spacial score (nSPS) is 14.5. The number of carbonyl (C=O) groups is 2. The molecule has 1 heterocycles. The number of halogens is 1. The lowest BCUT2D eigenvalue weighted by Crippen LogP contribution is -2.24. The molecule has 0 fully saturated rings. The molecule has 0 bridgehead atoms. The van der Waals surface area contributed by atoms with Crippen molar-refractivity contribution in [3.05, 3.63) is 106 Å². The molecule has 1 aliphatic rings. The van der Waals surface area contributed by atoms with E-state index in [0.717, 1.165) is 11.1 Å². The number of hydrogen-bond acceptors (Lipinski definition) is 5. The number of hydrogen-bond donors (Lipinski definition) is 0. The van der Waals surface area contributed by atoms with Gasteiger partial charge in [0.1, 0.15) is 18.1 Å². The second-order valence-corrected chi connectivity index (χ2v) is 8.22. The van der Waals surface area contributed by atoms with Gasteiger partial charge in [0.25, 0.3) is 5.91 Å². The number of anilines is 1. The molecule has 0 saturated heterocycles. The Bertz CT molecular complexity index is 1310. The fraction of sp³-hybridized carbons (Fsp3) is 0.143. The minimum absolute atomic E-state index is 0.203. The molecule has 0 radical (unpaired) electrons. The van der Waals surface area contributed by atoms with Crippen molar-refractivity contribution in [2.75, 3.05) is 19.1 Å². The number of carbonyl (C=O) groups excluding carboxylic acids is 2. The van der Waals surface area contributed by atoms with Crippen molar-refractivity contribution in [3.63, 3.8) is 0 Å². The summed E-state index contributed by atoms with van der Waals surface area (Å²) in [5, 5.41) is 0.355. The van der Waals surface area contributed by atoms with Gasteiger partial charge in [-0.25, -0.2) is 4.79 Å². The molecule has 35 heavy (non-hydrogen) atoms. The van der Waals surface area contributed by atoms with E-state index in [9.17, 15) is 9.59 Å². The third kappa shape index (κ3) is 5.08. The van der Waals surface area contributed by atoms with Gasteiger partial charge in [-0.1, -0.05) is 54.1 Å². The monoisotopic (exact) mass is 489 g/mol.